The van der Waals surface area contributed by atoms with Gasteiger partial charge in [-0.1, -0.05) is 48.1 Å². The van der Waals surface area contributed by atoms with Gasteiger partial charge in [0.1, 0.15) is 0 Å². The van der Waals surface area contributed by atoms with Gasteiger partial charge < -0.3 is 0 Å². The highest BCUT2D eigenvalue weighted by Crippen LogP contribution is 2.46. The molecule has 0 saturated carbocycles. The summed E-state index contributed by atoms with van der Waals surface area (Å²) in [5, 5.41) is 0. The van der Waals surface area contributed by atoms with Gasteiger partial charge in [-0.25, -0.2) is 0 Å². The fourth-order valence-corrected chi connectivity index (χ4v) is 3.59. The Morgan fingerprint density at radius 2 is 1.94 bits per heavy atom. The average molecular weight is 220 g/mol. The predicted molar refractivity (Wildman–Crippen MR) is 71.9 cm³/mol. The maximum absolute atomic E-state index is 2.37. The molecule has 3 aliphatic carbocycles. The quantitative estimate of drug-likeness (QED) is 0.658. The molecule has 0 N–H and O–H groups in total. The number of hydrogen-bond donors (Lipinski definition) is 0. The van der Waals surface area contributed by atoms with Gasteiger partial charge >= 0.3 is 0 Å². The summed E-state index contributed by atoms with van der Waals surface area (Å²) in [7, 11) is 0. The Morgan fingerprint density at radius 1 is 1.00 bits per heavy atom. The van der Waals surface area contributed by atoms with Crippen LogP contribution in [-0.2, 0) is 6.42 Å². The van der Waals surface area contributed by atoms with Crippen LogP contribution >= 0.6 is 0 Å². The van der Waals surface area contributed by atoms with Crippen molar-refractivity contribution >= 4 is 6.08 Å². The van der Waals surface area contributed by atoms with Gasteiger partial charge in [0.25, 0.3) is 0 Å². The fourth-order valence-electron chi connectivity index (χ4n) is 3.59. The highest BCUT2D eigenvalue weighted by atomic mass is 14.3. The summed E-state index contributed by atoms with van der Waals surface area (Å²) in [5.74, 6) is 0.668. The summed E-state index contributed by atoms with van der Waals surface area (Å²) >= 11 is 0. The first-order valence-electron chi connectivity index (χ1n) is 6.60. The maximum Gasteiger partial charge on any atom is 0.00979 e. The number of rotatable bonds is 1. The third-order valence-corrected chi connectivity index (χ3v) is 4.41. The van der Waals surface area contributed by atoms with E-state index < -0.39 is 0 Å². The van der Waals surface area contributed by atoms with E-state index in [0.29, 0.717) is 5.92 Å². The lowest BCUT2D eigenvalue weighted by atomic mass is 9.88. The van der Waals surface area contributed by atoms with Gasteiger partial charge in [-0.05, 0) is 47.9 Å². The van der Waals surface area contributed by atoms with Gasteiger partial charge in [0, 0.05) is 5.92 Å². The molecule has 0 amide bonds. The molecule has 0 heteroatoms. The molecule has 1 unspecified atom stereocenters. The highest BCUT2D eigenvalue weighted by molar-refractivity contribution is 5.66. The second kappa shape index (κ2) is 3.46. The number of benzene rings is 1. The Labute approximate surface area is 102 Å². The van der Waals surface area contributed by atoms with E-state index in [1.807, 2.05) is 0 Å². The Morgan fingerprint density at radius 3 is 2.94 bits per heavy atom. The third-order valence-electron chi connectivity index (χ3n) is 4.41. The molecule has 0 spiro atoms. The Hall–Kier alpha value is -1.56. The Kier molecular flexibility index (Phi) is 1.93. The second-order valence-electron chi connectivity index (χ2n) is 5.28. The Bertz CT molecular complexity index is 570. The molecule has 0 heterocycles. The minimum atomic E-state index is 0.668. The van der Waals surface area contributed by atoms with Crippen LogP contribution in [0.15, 0.2) is 47.6 Å². The van der Waals surface area contributed by atoms with Crippen molar-refractivity contribution in [1.82, 2.24) is 0 Å². The van der Waals surface area contributed by atoms with Crippen LogP contribution in [0.3, 0.4) is 0 Å². The van der Waals surface area contributed by atoms with E-state index in [2.05, 4.69) is 42.5 Å². The summed E-state index contributed by atoms with van der Waals surface area (Å²) < 4.78 is 0. The average Bonchev–Trinajstić information content (AvgIpc) is 3.04. The van der Waals surface area contributed by atoms with Crippen LogP contribution in [-0.4, -0.2) is 0 Å². The van der Waals surface area contributed by atoms with Gasteiger partial charge in [-0.15, -0.1) is 0 Å². The van der Waals surface area contributed by atoms with Crippen LogP contribution in [0.4, 0.5) is 0 Å². The van der Waals surface area contributed by atoms with Crippen molar-refractivity contribution in [3.8, 4) is 0 Å². The molecule has 0 radical (unpaired) electrons. The minimum Gasteiger partial charge on any atom is -0.0802 e. The van der Waals surface area contributed by atoms with Crippen molar-refractivity contribution in [2.75, 3.05) is 0 Å². The fraction of sp³-hybridized carbons (Fsp3) is 0.294. The van der Waals surface area contributed by atoms with E-state index in [0.717, 1.165) is 6.42 Å². The van der Waals surface area contributed by atoms with Crippen LogP contribution in [0, 0.1) is 0 Å². The lowest BCUT2D eigenvalue weighted by Crippen LogP contribution is -2.00. The van der Waals surface area contributed by atoms with Gasteiger partial charge in [-0.3, -0.25) is 0 Å². The molecule has 0 aliphatic heterocycles. The first kappa shape index (κ1) is 9.47. The van der Waals surface area contributed by atoms with Gasteiger partial charge in [0.05, 0.1) is 0 Å². The van der Waals surface area contributed by atoms with E-state index in [1.165, 1.54) is 30.4 Å². The summed E-state index contributed by atoms with van der Waals surface area (Å²) in [4.78, 5) is 0. The SMILES string of the molecule is C1=CC2=C(C1)CCC2c1cccc2c1C=CC2. The summed E-state index contributed by atoms with van der Waals surface area (Å²) in [6.45, 7) is 0. The minimum absolute atomic E-state index is 0.668. The van der Waals surface area contributed by atoms with Crippen LogP contribution in [0.2, 0.25) is 0 Å². The van der Waals surface area contributed by atoms with E-state index in [4.69, 9.17) is 0 Å². The molecule has 0 saturated heterocycles. The molecule has 0 bridgehead atoms. The van der Waals surface area contributed by atoms with E-state index in [1.54, 1.807) is 16.7 Å². The molecule has 0 nitrogen and oxygen atoms in total. The topological polar surface area (TPSA) is 0 Å². The molecule has 1 aromatic carbocycles. The molecule has 0 fully saturated rings. The van der Waals surface area contributed by atoms with Crippen LogP contribution < -0.4 is 0 Å². The Balaban J connectivity index is 1.84. The highest BCUT2D eigenvalue weighted by Gasteiger charge is 2.28. The molecular weight excluding hydrogens is 204 g/mol. The normalized spacial score (nSPS) is 24.6. The molecular formula is C17H16. The zero-order valence-electron chi connectivity index (χ0n) is 9.95. The molecule has 1 atom stereocenters. The summed E-state index contributed by atoms with van der Waals surface area (Å²) in [6, 6.07) is 6.84. The van der Waals surface area contributed by atoms with Crippen LogP contribution in [0.1, 0.15) is 41.9 Å². The van der Waals surface area contributed by atoms with Crippen molar-refractivity contribution in [3.05, 3.63) is 64.3 Å². The van der Waals surface area contributed by atoms with Crippen molar-refractivity contribution in [2.45, 2.75) is 31.6 Å². The number of allylic oxidation sites excluding steroid dienone is 5. The number of hydrogen-bond acceptors (Lipinski definition) is 0. The smallest absolute Gasteiger partial charge is 0.00979 e. The maximum atomic E-state index is 2.37. The standard InChI is InChI=1S/C17H16/c1-4-12-5-3-9-16(14(12)7-1)17-11-10-13-6-2-8-15(13)17/h1-3,5,7-9,17H,4,6,10-11H2. The molecule has 84 valence electrons. The van der Waals surface area contributed by atoms with Crippen LogP contribution in [0.25, 0.3) is 6.08 Å². The van der Waals surface area contributed by atoms with Gasteiger partial charge in [-0.2, -0.15) is 0 Å². The lowest BCUT2D eigenvalue weighted by Gasteiger charge is -2.16. The molecule has 17 heavy (non-hydrogen) atoms. The van der Waals surface area contributed by atoms with Gasteiger partial charge in [0.2, 0.25) is 0 Å². The number of fused-ring (bicyclic) bond motifs is 1. The summed E-state index contributed by atoms with van der Waals surface area (Å²) in [5.41, 5.74) is 7.89. The lowest BCUT2D eigenvalue weighted by molar-refractivity contribution is 0.769. The van der Waals surface area contributed by atoms with Crippen molar-refractivity contribution < 1.29 is 0 Å². The van der Waals surface area contributed by atoms with E-state index in [9.17, 15) is 0 Å². The zero-order chi connectivity index (χ0) is 11.2. The van der Waals surface area contributed by atoms with Crippen LogP contribution in [0.5, 0.6) is 0 Å². The predicted octanol–water partition coefficient (Wildman–Crippen LogP) is 4.39. The first-order chi connectivity index (χ1) is 8.43. The molecule has 4 rings (SSSR count). The summed E-state index contributed by atoms with van der Waals surface area (Å²) in [6.07, 6.45) is 14.3. The largest absolute Gasteiger partial charge is 0.0802 e. The monoisotopic (exact) mass is 220 g/mol. The third kappa shape index (κ3) is 1.30. The molecule has 0 aromatic heterocycles. The zero-order valence-corrected chi connectivity index (χ0v) is 9.95. The van der Waals surface area contributed by atoms with Crippen molar-refractivity contribution in [3.63, 3.8) is 0 Å². The van der Waals surface area contributed by atoms with E-state index in [-0.39, 0.29) is 0 Å². The van der Waals surface area contributed by atoms with E-state index >= 15 is 0 Å². The van der Waals surface area contributed by atoms with Crippen molar-refractivity contribution in [2.24, 2.45) is 0 Å². The first-order valence-corrected chi connectivity index (χ1v) is 6.60. The molecule has 1 aromatic rings. The molecule has 3 aliphatic rings. The second-order valence-corrected chi connectivity index (χ2v) is 5.28. The van der Waals surface area contributed by atoms with Gasteiger partial charge in [0.15, 0.2) is 0 Å². The van der Waals surface area contributed by atoms with Crippen molar-refractivity contribution in [1.29, 1.82) is 0 Å².